The maximum atomic E-state index is 13.4. The highest BCUT2D eigenvalue weighted by molar-refractivity contribution is 6.32. The fourth-order valence-corrected chi connectivity index (χ4v) is 4.14. The number of carbonyl (C=O) groups is 3. The van der Waals surface area contributed by atoms with E-state index in [2.05, 4.69) is 15.6 Å². The number of nitriles is 1. The van der Waals surface area contributed by atoms with Crippen LogP contribution in [0.5, 0.6) is 0 Å². The molecule has 1 saturated heterocycles. The van der Waals surface area contributed by atoms with Gasteiger partial charge in [-0.3, -0.25) is 9.59 Å². The van der Waals surface area contributed by atoms with E-state index < -0.39 is 43.1 Å². The first kappa shape index (κ1) is 24.9. The third-order valence-electron chi connectivity index (χ3n) is 5.94. The highest BCUT2D eigenvalue weighted by atomic mass is 35.5. The number of nitrogens with one attached hydrogen (secondary N) is 3. The molecule has 2 heterocycles. The number of aromatic amines is 1. The smallest absolute Gasteiger partial charge is 0.330 e. The Morgan fingerprint density at radius 2 is 1.89 bits per heavy atom. The predicted molar refractivity (Wildman–Crippen MR) is 131 cm³/mol. The van der Waals surface area contributed by atoms with Crippen LogP contribution in [-0.4, -0.2) is 57.2 Å². The van der Waals surface area contributed by atoms with Gasteiger partial charge in [0.1, 0.15) is 11.7 Å². The molecule has 0 bridgehead atoms. The molecule has 1 aliphatic rings. The zero-order valence-corrected chi connectivity index (χ0v) is 19.8. The van der Waals surface area contributed by atoms with Crippen LogP contribution < -0.4 is 10.6 Å². The predicted octanol–water partition coefficient (Wildman–Crippen LogP) is 2.10. The minimum absolute atomic E-state index is 0.0409. The molecule has 1 unspecified atom stereocenters. The number of H-pyrrole nitrogens is 1. The summed E-state index contributed by atoms with van der Waals surface area (Å²) in [5, 5.41) is 34.2. The molecule has 184 valence electrons. The Balaban J connectivity index is 1.72. The molecule has 1 fully saturated rings. The van der Waals surface area contributed by atoms with E-state index in [1.807, 2.05) is 13.0 Å². The molecule has 36 heavy (non-hydrogen) atoms. The molecule has 0 aliphatic carbocycles. The van der Waals surface area contributed by atoms with Gasteiger partial charge in [-0.2, -0.15) is 5.26 Å². The number of hydrogen-bond acceptors (Lipinski definition) is 6. The first-order chi connectivity index (χ1) is 17.3. The van der Waals surface area contributed by atoms with Crippen LogP contribution in [0.4, 0.5) is 4.79 Å². The number of urea groups is 1. The molecule has 5 N–H and O–H groups in total. The number of carbonyl (C=O) groups excluding carboxylic acids is 3. The number of aryl methyl sites for hydroxylation is 1. The molecular formula is C25H22ClN5O5. The fraction of sp³-hybridized carbons (Fsp3) is 0.200. The number of aliphatic hydroxyl groups is 2. The summed E-state index contributed by atoms with van der Waals surface area (Å²) in [5.41, 5.74) is 2.81. The van der Waals surface area contributed by atoms with Gasteiger partial charge in [0.2, 0.25) is 5.91 Å². The van der Waals surface area contributed by atoms with E-state index in [4.69, 9.17) is 16.9 Å². The average Bonchev–Trinajstić information content (AvgIpc) is 3.41. The number of aromatic nitrogens is 1. The zero-order chi connectivity index (χ0) is 26.0. The summed E-state index contributed by atoms with van der Waals surface area (Å²) < 4.78 is 0. The zero-order valence-electron chi connectivity index (χ0n) is 19.1. The van der Waals surface area contributed by atoms with Crippen LogP contribution in [0.15, 0.2) is 48.3 Å². The summed E-state index contributed by atoms with van der Waals surface area (Å²) in [6.07, 6.45) is 3.19. The van der Waals surface area contributed by atoms with Crippen LogP contribution in [0.3, 0.4) is 0 Å². The maximum Gasteiger partial charge on any atom is 0.330 e. The molecule has 0 radical (unpaired) electrons. The van der Waals surface area contributed by atoms with Gasteiger partial charge in [-0.15, -0.1) is 0 Å². The molecule has 3 aromatic rings. The SMILES string of the molecule is Cc1c(Cl)ccc2c(C=C3NC(=O)N(C(C(=O)NC(CO)CO)c4ccc(C#N)cc4)C3=O)c[nH]c12. The Morgan fingerprint density at radius 1 is 1.19 bits per heavy atom. The number of amides is 4. The first-order valence-corrected chi connectivity index (χ1v) is 11.3. The summed E-state index contributed by atoms with van der Waals surface area (Å²) in [5.74, 6) is -1.52. The van der Waals surface area contributed by atoms with Crippen LogP contribution in [-0.2, 0) is 9.59 Å². The van der Waals surface area contributed by atoms with E-state index in [9.17, 15) is 24.6 Å². The normalized spacial score (nSPS) is 15.4. The largest absolute Gasteiger partial charge is 0.394 e. The van der Waals surface area contributed by atoms with Crippen molar-refractivity contribution in [3.05, 3.63) is 75.6 Å². The van der Waals surface area contributed by atoms with E-state index in [0.717, 1.165) is 21.4 Å². The van der Waals surface area contributed by atoms with Gasteiger partial charge >= 0.3 is 6.03 Å². The molecule has 1 aromatic heterocycles. The van der Waals surface area contributed by atoms with Crippen LogP contribution in [0.2, 0.25) is 5.02 Å². The number of aliphatic hydroxyl groups excluding tert-OH is 2. The summed E-state index contributed by atoms with van der Waals surface area (Å²) in [7, 11) is 0. The molecule has 4 rings (SSSR count). The lowest BCUT2D eigenvalue weighted by Gasteiger charge is -2.26. The summed E-state index contributed by atoms with van der Waals surface area (Å²) in [6.45, 7) is 0.768. The fourth-order valence-electron chi connectivity index (χ4n) is 3.99. The van der Waals surface area contributed by atoms with Gasteiger partial charge < -0.3 is 25.8 Å². The van der Waals surface area contributed by atoms with Crippen molar-refractivity contribution < 1.29 is 24.6 Å². The molecule has 10 nitrogen and oxygen atoms in total. The first-order valence-electron chi connectivity index (χ1n) is 10.9. The van der Waals surface area contributed by atoms with E-state index >= 15 is 0 Å². The minimum atomic E-state index is -1.42. The van der Waals surface area contributed by atoms with Crippen LogP contribution in [0.25, 0.3) is 17.0 Å². The number of halogens is 1. The van der Waals surface area contributed by atoms with E-state index in [1.165, 1.54) is 30.3 Å². The number of benzene rings is 2. The van der Waals surface area contributed by atoms with Crippen molar-refractivity contribution in [3.8, 4) is 6.07 Å². The second-order valence-electron chi connectivity index (χ2n) is 8.21. The molecule has 11 heteroatoms. The van der Waals surface area contributed by atoms with Crippen LogP contribution >= 0.6 is 11.6 Å². The topological polar surface area (TPSA) is 159 Å². The minimum Gasteiger partial charge on any atom is -0.394 e. The van der Waals surface area contributed by atoms with Gasteiger partial charge in [0.25, 0.3) is 5.91 Å². The number of rotatable bonds is 7. The van der Waals surface area contributed by atoms with Gasteiger partial charge in [0.05, 0.1) is 36.4 Å². The molecular weight excluding hydrogens is 486 g/mol. The van der Waals surface area contributed by atoms with Gasteiger partial charge in [0, 0.05) is 22.2 Å². The Morgan fingerprint density at radius 3 is 2.53 bits per heavy atom. The summed E-state index contributed by atoms with van der Waals surface area (Å²) >= 11 is 6.19. The van der Waals surface area contributed by atoms with Crippen molar-refractivity contribution in [2.45, 2.75) is 19.0 Å². The van der Waals surface area contributed by atoms with Crippen LogP contribution in [0, 0.1) is 18.3 Å². The van der Waals surface area contributed by atoms with Crippen LogP contribution in [0.1, 0.15) is 28.3 Å². The second-order valence-corrected chi connectivity index (χ2v) is 8.62. The number of fused-ring (bicyclic) bond motifs is 1. The Labute approximate surface area is 210 Å². The third kappa shape index (κ3) is 4.55. The lowest BCUT2D eigenvalue weighted by Crippen LogP contribution is -2.48. The Kier molecular flexibility index (Phi) is 7.07. The number of hydrogen-bond donors (Lipinski definition) is 5. The van der Waals surface area contributed by atoms with Gasteiger partial charge in [-0.25, -0.2) is 9.69 Å². The maximum absolute atomic E-state index is 13.4. The van der Waals surface area contributed by atoms with Crippen molar-refractivity contribution in [2.24, 2.45) is 0 Å². The Hall–Kier alpha value is -4.17. The summed E-state index contributed by atoms with van der Waals surface area (Å²) in [4.78, 5) is 43.4. The van der Waals surface area contributed by atoms with E-state index in [0.29, 0.717) is 16.1 Å². The molecule has 0 spiro atoms. The molecule has 1 atom stereocenters. The van der Waals surface area contributed by atoms with Crippen molar-refractivity contribution in [2.75, 3.05) is 13.2 Å². The van der Waals surface area contributed by atoms with Crippen molar-refractivity contribution in [3.63, 3.8) is 0 Å². The van der Waals surface area contributed by atoms with Gasteiger partial charge in [-0.1, -0.05) is 29.8 Å². The lowest BCUT2D eigenvalue weighted by molar-refractivity contribution is -0.134. The molecule has 2 aromatic carbocycles. The standard InChI is InChI=1S/C25H22ClN5O5/c1-13-19(26)7-6-18-16(10-28-21(13)18)8-20-24(35)31(25(36)30-20)22(23(34)29-17(11-32)12-33)15-4-2-14(9-27)3-5-15/h2-8,10,17,22,28,32-33H,11-12H2,1H3,(H,29,34)(H,30,36). The molecule has 1 aliphatic heterocycles. The van der Waals surface area contributed by atoms with Gasteiger partial charge in [0.15, 0.2) is 0 Å². The van der Waals surface area contributed by atoms with Gasteiger partial charge in [-0.05, 0) is 42.3 Å². The van der Waals surface area contributed by atoms with Crippen molar-refractivity contribution in [1.82, 2.24) is 20.5 Å². The molecule has 0 saturated carbocycles. The van der Waals surface area contributed by atoms with E-state index in [1.54, 1.807) is 18.3 Å². The molecule has 4 amide bonds. The van der Waals surface area contributed by atoms with E-state index in [-0.39, 0.29) is 11.3 Å². The Bertz CT molecular complexity index is 1420. The quantitative estimate of drug-likeness (QED) is 0.243. The van der Waals surface area contributed by atoms with Crippen molar-refractivity contribution >= 4 is 46.4 Å². The third-order valence-corrected chi connectivity index (χ3v) is 6.35. The average molecular weight is 508 g/mol. The lowest BCUT2D eigenvalue weighted by atomic mass is 10.0. The highest BCUT2D eigenvalue weighted by Gasteiger charge is 2.43. The second kappa shape index (κ2) is 10.2. The summed E-state index contributed by atoms with van der Waals surface area (Å²) in [6, 6.07) is 8.11. The highest BCUT2D eigenvalue weighted by Crippen LogP contribution is 2.31. The number of nitrogens with zero attached hydrogens (tertiary/aromatic N) is 2. The monoisotopic (exact) mass is 507 g/mol. The number of imide groups is 1. The van der Waals surface area contributed by atoms with Crippen molar-refractivity contribution in [1.29, 1.82) is 5.26 Å².